The Morgan fingerprint density at radius 2 is 2.06 bits per heavy atom. The van der Waals surface area contributed by atoms with E-state index >= 15 is 0 Å². The number of nitrogens with zero attached hydrogens (tertiary/aromatic N) is 3. The van der Waals surface area contributed by atoms with Gasteiger partial charge in [0, 0.05) is 36.4 Å². The highest BCUT2D eigenvalue weighted by molar-refractivity contribution is 7.14. The lowest BCUT2D eigenvalue weighted by Gasteiger charge is -2.25. The fourth-order valence-corrected chi connectivity index (χ4v) is 3.03. The second kappa shape index (κ2) is 4.84. The molecule has 1 saturated heterocycles. The molecule has 0 aliphatic carbocycles. The normalized spacial score (nSPS) is 16.1. The van der Waals surface area contributed by atoms with Gasteiger partial charge in [-0.2, -0.15) is 0 Å². The number of hydrogen-bond donors (Lipinski definition) is 0. The molecule has 3 nitrogen and oxygen atoms in total. The zero-order chi connectivity index (χ0) is 11.5. The maximum Gasteiger partial charge on any atom is 0.185 e. The van der Waals surface area contributed by atoms with Crippen LogP contribution in [-0.4, -0.2) is 23.1 Å². The molecule has 0 bridgehead atoms. The van der Waals surface area contributed by atoms with Gasteiger partial charge in [0.05, 0.1) is 5.69 Å². The van der Waals surface area contributed by atoms with Crippen LogP contribution in [0.15, 0.2) is 29.9 Å². The summed E-state index contributed by atoms with van der Waals surface area (Å²) >= 11 is 1.74. The number of piperidine rings is 1. The van der Waals surface area contributed by atoms with Crippen LogP contribution in [-0.2, 0) is 0 Å². The first-order chi connectivity index (χ1) is 8.43. The minimum atomic E-state index is 1.05. The largest absolute Gasteiger partial charge is 0.348 e. The Hall–Kier alpha value is -1.42. The van der Waals surface area contributed by atoms with E-state index in [1.54, 1.807) is 17.5 Å². The molecule has 0 radical (unpaired) electrons. The van der Waals surface area contributed by atoms with Crippen LogP contribution in [0.2, 0.25) is 0 Å². The number of anilines is 1. The van der Waals surface area contributed by atoms with Gasteiger partial charge < -0.3 is 4.90 Å². The van der Waals surface area contributed by atoms with Gasteiger partial charge in [-0.25, -0.2) is 4.98 Å². The number of pyridine rings is 1. The molecular weight excluding hydrogens is 230 g/mol. The third-order valence-electron chi connectivity index (χ3n) is 3.08. The van der Waals surface area contributed by atoms with Crippen molar-refractivity contribution in [1.82, 2.24) is 9.97 Å². The molecule has 1 aliphatic heterocycles. The van der Waals surface area contributed by atoms with E-state index in [-0.39, 0.29) is 0 Å². The zero-order valence-corrected chi connectivity index (χ0v) is 10.5. The lowest BCUT2D eigenvalue weighted by molar-refractivity contribution is 0.577. The third-order valence-corrected chi connectivity index (χ3v) is 3.98. The summed E-state index contributed by atoms with van der Waals surface area (Å²) in [6.45, 7) is 2.31. The van der Waals surface area contributed by atoms with Gasteiger partial charge in [0.2, 0.25) is 0 Å². The number of aromatic nitrogens is 2. The molecule has 3 rings (SSSR count). The first-order valence-electron chi connectivity index (χ1n) is 6.04. The molecule has 1 fully saturated rings. The van der Waals surface area contributed by atoms with Gasteiger partial charge in [-0.3, -0.25) is 4.98 Å². The van der Waals surface area contributed by atoms with Crippen molar-refractivity contribution in [1.29, 1.82) is 0 Å². The van der Waals surface area contributed by atoms with E-state index in [1.165, 1.54) is 19.3 Å². The highest BCUT2D eigenvalue weighted by atomic mass is 32.1. The van der Waals surface area contributed by atoms with E-state index in [2.05, 4.69) is 21.3 Å². The number of hydrogen-bond acceptors (Lipinski definition) is 4. The fraction of sp³-hybridized carbons (Fsp3) is 0.385. The van der Waals surface area contributed by atoms with Crippen LogP contribution in [0, 0.1) is 0 Å². The standard InChI is InChI=1S/C13H15N3S/c1-2-7-16(8-3-1)13-15-12(10-17-13)11-5-4-6-14-9-11/h4-6,9-10H,1-3,7-8H2. The van der Waals surface area contributed by atoms with Crippen LogP contribution in [0.4, 0.5) is 5.13 Å². The van der Waals surface area contributed by atoms with E-state index in [1.807, 2.05) is 12.3 Å². The van der Waals surface area contributed by atoms with Crippen molar-refractivity contribution in [2.24, 2.45) is 0 Å². The Bertz CT molecular complexity index is 474. The van der Waals surface area contributed by atoms with Crippen LogP contribution in [0.5, 0.6) is 0 Å². The molecule has 88 valence electrons. The Morgan fingerprint density at radius 1 is 1.18 bits per heavy atom. The highest BCUT2D eigenvalue weighted by Gasteiger charge is 2.14. The average molecular weight is 245 g/mol. The van der Waals surface area contributed by atoms with Crippen molar-refractivity contribution in [3.8, 4) is 11.3 Å². The van der Waals surface area contributed by atoms with E-state index < -0.39 is 0 Å². The summed E-state index contributed by atoms with van der Waals surface area (Å²) < 4.78 is 0. The quantitative estimate of drug-likeness (QED) is 0.813. The smallest absolute Gasteiger partial charge is 0.185 e. The summed E-state index contributed by atoms with van der Waals surface area (Å²) in [4.78, 5) is 11.2. The topological polar surface area (TPSA) is 29.0 Å². The van der Waals surface area contributed by atoms with Gasteiger partial charge in [-0.15, -0.1) is 11.3 Å². The average Bonchev–Trinajstić information content (AvgIpc) is 2.90. The Balaban J connectivity index is 1.83. The maximum absolute atomic E-state index is 4.71. The summed E-state index contributed by atoms with van der Waals surface area (Å²) in [5, 5.41) is 3.28. The Kier molecular flexibility index (Phi) is 3.05. The van der Waals surface area contributed by atoms with E-state index in [9.17, 15) is 0 Å². The molecule has 0 atom stereocenters. The van der Waals surface area contributed by atoms with Crippen LogP contribution in [0.25, 0.3) is 11.3 Å². The van der Waals surface area contributed by atoms with Crippen LogP contribution in [0.1, 0.15) is 19.3 Å². The predicted molar refractivity (Wildman–Crippen MR) is 71.4 cm³/mol. The van der Waals surface area contributed by atoms with Gasteiger partial charge in [0.25, 0.3) is 0 Å². The van der Waals surface area contributed by atoms with Gasteiger partial charge in [-0.05, 0) is 31.4 Å². The maximum atomic E-state index is 4.71. The molecule has 4 heteroatoms. The Labute approximate surface area is 105 Å². The summed E-state index contributed by atoms with van der Waals surface area (Å²) in [7, 11) is 0. The summed E-state index contributed by atoms with van der Waals surface area (Å²) in [5.41, 5.74) is 2.15. The van der Waals surface area contributed by atoms with Crippen molar-refractivity contribution in [3.05, 3.63) is 29.9 Å². The molecule has 2 aromatic rings. The van der Waals surface area contributed by atoms with Gasteiger partial charge in [0.1, 0.15) is 0 Å². The minimum absolute atomic E-state index is 1.05. The predicted octanol–water partition coefficient (Wildman–Crippen LogP) is 3.20. The van der Waals surface area contributed by atoms with Crippen molar-refractivity contribution in [2.45, 2.75) is 19.3 Å². The van der Waals surface area contributed by atoms with Crippen molar-refractivity contribution >= 4 is 16.5 Å². The molecule has 1 aliphatic rings. The number of thiazole rings is 1. The molecular formula is C13H15N3S. The van der Waals surface area contributed by atoms with E-state index in [0.717, 1.165) is 29.5 Å². The van der Waals surface area contributed by atoms with Crippen molar-refractivity contribution in [2.75, 3.05) is 18.0 Å². The molecule has 17 heavy (non-hydrogen) atoms. The Morgan fingerprint density at radius 3 is 2.82 bits per heavy atom. The van der Waals surface area contributed by atoms with Gasteiger partial charge >= 0.3 is 0 Å². The first kappa shape index (κ1) is 10.7. The first-order valence-corrected chi connectivity index (χ1v) is 6.92. The van der Waals surface area contributed by atoms with Crippen LogP contribution >= 0.6 is 11.3 Å². The van der Waals surface area contributed by atoms with Crippen molar-refractivity contribution in [3.63, 3.8) is 0 Å². The number of rotatable bonds is 2. The monoisotopic (exact) mass is 245 g/mol. The summed E-state index contributed by atoms with van der Waals surface area (Å²) in [6, 6.07) is 4.01. The SMILES string of the molecule is c1cncc(-c2csc(N3CCCCC3)n2)c1. The lowest BCUT2D eigenvalue weighted by atomic mass is 10.1. The molecule has 2 aromatic heterocycles. The van der Waals surface area contributed by atoms with Gasteiger partial charge in [0.15, 0.2) is 5.13 Å². The molecule has 0 aromatic carbocycles. The van der Waals surface area contributed by atoms with Crippen molar-refractivity contribution < 1.29 is 0 Å². The molecule has 0 N–H and O–H groups in total. The third kappa shape index (κ3) is 2.31. The molecule has 0 unspecified atom stereocenters. The minimum Gasteiger partial charge on any atom is -0.348 e. The lowest BCUT2D eigenvalue weighted by Crippen LogP contribution is -2.29. The van der Waals surface area contributed by atoms with E-state index in [0.29, 0.717) is 0 Å². The molecule has 3 heterocycles. The van der Waals surface area contributed by atoms with Gasteiger partial charge in [-0.1, -0.05) is 0 Å². The van der Waals surface area contributed by atoms with Crippen LogP contribution in [0.3, 0.4) is 0 Å². The fourth-order valence-electron chi connectivity index (χ4n) is 2.14. The zero-order valence-electron chi connectivity index (χ0n) is 9.67. The second-order valence-electron chi connectivity index (χ2n) is 4.30. The molecule has 0 spiro atoms. The summed E-state index contributed by atoms with van der Waals surface area (Å²) in [6.07, 6.45) is 7.61. The van der Waals surface area contributed by atoms with E-state index in [4.69, 9.17) is 4.98 Å². The summed E-state index contributed by atoms with van der Waals surface area (Å²) in [5.74, 6) is 0. The highest BCUT2D eigenvalue weighted by Crippen LogP contribution is 2.28. The molecule has 0 saturated carbocycles. The van der Waals surface area contributed by atoms with Crippen LogP contribution < -0.4 is 4.90 Å². The second-order valence-corrected chi connectivity index (χ2v) is 5.14. The molecule has 0 amide bonds.